The van der Waals surface area contributed by atoms with Crippen LogP contribution in [0, 0.1) is 17.2 Å². The molecule has 1 N–H and O–H groups in total. The fourth-order valence-corrected chi connectivity index (χ4v) is 4.06. The normalized spacial score (nSPS) is 23.6. The lowest BCUT2D eigenvalue weighted by molar-refractivity contribution is 0.101. The van der Waals surface area contributed by atoms with Crippen LogP contribution in [0.1, 0.15) is 45.1 Å². The minimum atomic E-state index is -0.152. The van der Waals surface area contributed by atoms with E-state index in [-0.39, 0.29) is 5.82 Å². The maximum absolute atomic E-state index is 13.5. The van der Waals surface area contributed by atoms with Crippen molar-refractivity contribution in [3.8, 4) is 0 Å². The first-order valence-electron chi connectivity index (χ1n) is 7.55. The van der Waals surface area contributed by atoms with Gasteiger partial charge < -0.3 is 5.32 Å². The number of hydrogen-bond donors (Lipinski definition) is 1. The third kappa shape index (κ3) is 3.62. The molecule has 3 heteroatoms. The molecule has 1 fully saturated rings. The number of likely N-dealkylation sites (N-methyl/N-ethyl adjacent to an activating group) is 1. The Kier molecular flexibility index (Phi) is 5.25. The molecule has 0 aliphatic heterocycles. The van der Waals surface area contributed by atoms with Crippen LogP contribution < -0.4 is 5.32 Å². The van der Waals surface area contributed by atoms with Crippen molar-refractivity contribution >= 4 is 15.9 Å². The smallest absolute Gasteiger partial charge is 0.123 e. The van der Waals surface area contributed by atoms with E-state index in [1.807, 2.05) is 13.1 Å². The van der Waals surface area contributed by atoms with Gasteiger partial charge in [0.15, 0.2) is 0 Å². The highest BCUT2D eigenvalue weighted by molar-refractivity contribution is 9.10. The number of halogens is 2. The van der Waals surface area contributed by atoms with E-state index in [0.717, 1.165) is 16.5 Å². The van der Waals surface area contributed by atoms with E-state index in [4.69, 9.17) is 0 Å². The van der Waals surface area contributed by atoms with Crippen molar-refractivity contribution < 1.29 is 4.39 Å². The van der Waals surface area contributed by atoms with Gasteiger partial charge in [0.2, 0.25) is 0 Å². The maximum atomic E-state index is 13.5. The minimum absolute atomic E-state index is 0.152. The Balaban J connectivity index is 2.18. The molecule has 2 rings (SSSR count). The van der Waals surface area contributed by atoms with Crippen molar-refractivity contribution in [2.75, 3.05) is 7.05 Å². The van der Waals surface area contributed by atoms with Crippen molar-refractivity contribution in [3.63, 3.8) is 0 Å². The molecule has 1 aromatic carbocycles. The highest BCUT2D eigenvalue weighted by Gasteiger charge is 2.37. The molecule has 1 aromatic rings. The molecule has 0 amide bonds. The zero-order chi connectivity index (χ0) is 14.8. The molecule has 1 aliphatic rings. The Labute approximate surface area is 130 Å². The monoisotopic (exact) mass is 341 g/mol. The van der Waals surface area contributed by atoms with E-state index in [9.17, 15) is 4.39 Å². The van der Waals surface area contributed by atoms with Crippen LogP contribution >= 0.6 is 15.9 Å². The Morgan fingerprint density at radius 3 is 2.80 bits per heavy atom. The highest BCUT2D eigenvalue weighted by atomic mass is 79.9. The largest absolute Gasteiger partial charge is 0.316 e. The molecule has 1 nitrogen and oxygen atoms in total. The maximum Gasteiger partial charge on any atom is 0.123 e. The van der Waals surface area contributed by atoms with E-state index in [1.165, 1.54) is 31.7 Å². The van der Waals surface area contributed by atoms with Gasteiger partial charge in [-0.3, -0.25) is 0 Å². The third-order valence-electron chi connectivity index (χ3n) is 4.89. The Bertz CT molecular complexity index is 458. The molecule has 2 unspecified atom stereocenters. The molecule has 112 valence electrons. The highest BCUT2D eigenvalue weighted by Crippen LogP contribution is 2.43. The molecule has 0 spiro atoms. The van der Waals surface area contributed by atoms with E-state index >= 15 is 0 Å². The van der Waals surface area contributed by atoms with Gasteiger partial charge in [0, 0.05) is 10.5 Å². The lowest BCUT2D eigenvalue weighted by Gasteiger charge is -2.43. The van der Waals surface area contributed by atoms with Gasteiger partial charge in [0.1, 0.15) is 5.82 Å². The Morgan fingerprint density at radius 1 is 1.40 bits per heavy atom. The summed E-state index contributed by atoms with van der Waals surface area (Å²) in [6.45, 7) is 4.75. The second-order valence-corrected chi connectivity index (χ2v) is 7.53. The zero-order valence-corrected chi connectivity index (χ0v) is 14.3. The van der Waals surface area contributed by atoms with Gasteiger partial charge >= 0.3 is 0 Å². The second-order valence-electron chi connectivity index (χ2n) is 6.68. The first-order chi connectivity index (χ1) is 9.44. The number of nitrogens with one attached hydrogen (secondary N) is 1. The summed E-state index contributed by atoms with van der Waals surface area (Å²) >= 11 is 3.55. The van der Waals surface area contributed by atoms with Gasteiger partial charge in [-0.1, -0.05) is 42.6 Å². The lowest BCUT2D eigenvalue weighted by atomic mass is 9.65. The predicted molar refractivity (Wildman–Crippen MR) is 86.4 cm³/mol. The lowest BCUT2D eigenvalue weighted by Crippen LogP contribution is -2.44. The average Bonchev–Trinajstić information content (AvgIpc) is 2.40. The SMILES string of the molecule is CNC(Cc1cc(F)ccc1Br)C1CCCCC1(C)C. The van der Waals surface area contributed by atoms with Gasteiger partial charge in [-0.25, -0.2) is 4.39 Å². The number of rotatable bonds is 4. The van der Waals surface area contributed by atoms with Crippen molar-refractivity contribution in [1.29, 1.82) is 0 Å². The van der Waals surface area contributed by atoms with E-state index < -0.39 is 0 Å². The molecule has 0 saturated heterocycles. The first-order valence-corrected chi connectivity index (χ1v) is 8.34. The Hall–Kier alpha value is -0.410. The third-order valence-corrected chi connectivity index (χ3v) is 5.67. The fraction of sp³-hybridized carbons (Fsp3) is 0.647. The van der Waals surface area contributed by atoms with Crippen LogP contribution in [0.5, 0.6) is 0 Å². The van der Waals surface area contributed by atoms with Gasteiger partial charge in [-0.15, -0.1) is 0 Å². The van der Waals surface area contributed by atoms with Crippen molar-refractivity contribution in [2.45, 2.75) is 52.0 Å². The van der Waals surface area contributed by atoms with Gasteiger partial charge in [-0.2, -0.15) is 0 Å². The standard InChI is InChI=1S/C17H25BrFN/c1-17(2)9-5-4-6-14(17)16(20-3)11-12-10-13(19)7-8-15(12)18/h7-8,10,14,16,20H,4-6,9,11H2,1-3H3. The molecular weight excluding hydrogens is 317 g/mol. The zero-order valence-electron chi connectivity index (χ0n) is 12.7. The van der Waals surface area contributed by atoms with E-state index in [0.29, 0.717) is 17.4 Å². The fourth-order valence-electron chi connectivity index (χ4n) is 3.65. The molecule has 1 saturated carbocycles. The van der Waals surface area contributed by atoms with Crippen molar-refractivity contribution in [1.82, 2.24) is 5.32 Å². The Morgan fingerprint density at radius 2 is 2.15 bits per heavy atom. The van der Waals surface area contributed by atoms with E-state index in [1.54, 1.807) is 6.07 Å². The number of hydrogen-bond acceptors (Lipinski definition) is 1. The summed E-state index contributed by atoms with van der Waals surface area (Å²) in [5, 5.41) is 3.48. The summed E-state index contributed by atoms with van der Waals surface area (Å²) in [4.78, 5) is 0. The molecule has 0 radical (unpaired) electrons. The summed E-state index contributed by atoms with van der Waals surface area (Å²) in [5.41, 5.74) is 1.43. The molecule has 1 aliphatic carbocycles. The first kappa shape index (κ1) is 16.0. The van der Waals surface area contributed by atoms with Gasteiger partial charge in [0.25, 0.3) is 0 Å². The molecule has 0 bridgehead atoms. The van der Waals surface area contributed by atoms with Crippen LogP contribution in [0.2, 0.25) is 0 Å². The topological polar surface area (TPSA) is 12.0 Å². The van der Waals surface area contributed by atoms with Crippen LogP contribution in [0.25, 0.3) is 0 Å². The van der Waals surface area contributed by atoms with E-state index in [2.05, 4.69) is 35.1 Å². The second kappa shape index (κ2) is 6.57. The quantitative estimate of drug-likeness (QED) is 0.818. The predicted octanol–water partition coefficient (Wildman–Crippen LogP) is 4.94. The van der Waals surface area contributed by atoms with Crippen LogP contribution in [0.4, 0.5) is 4.39 Å². The van der Waals surface area contributed by atoms with Crippen LogP contribution in [-0.2, 0) is 6.42 Å². The molecule has 2 atom stereocenters. The van der Waals surface area contributed by atoms with Crippen LogP contribution in [0.3, 0.4) is 0 Å². The summed E-state index contributed by atoms with van der Waals surface area (Å²) in [6.07, 6.45) is 6.09. The summed E-state index contributed by atoms with van der Waals surface area (Å²) in [5.74, 6) is 0.498. The molecule has 0 aromatic heterocycles. The summed E-state index contributed by atoms with van der Waals surface area (Å²) in [7, 11) is 2.03. The molecular formula is C17H25BrFN. The minimum Gasteiger partial charge on any atom is -0.316 e. The van der Waals surface area contributed by atoms with Gasteiger partial charge in [0.05, 0.1) is 0 Å². The molecule has 20 heavy (non-hydrogen) atoms. The molecule has 0 heterocycles. The summed E-state index contributed by atoms with van der Waals surface area (Å²) < 4.78 is 14.5. The van der Waals surface area contributed by atoms with Crippen LogP contribution in [-0.4, -0.2) is 13.1 Å². The number of benzene rings is 1. The average molecular weight is 342 g/mol. The van der Waals surface area contributed by atoms with Gasteiger partial charge in [-0.05, 0) is 61.4 Å². The summed E-state index contributed by atoms with van der Waals surface area (Å²) in [6, 6.07) is 5.38. The van der Waals surface area contributed by atoms with Crippen molar-refractivity contribution in [2.24, 2.45) is 11.3 Å². The van der Waals surface area contributed by atoms with Crippen molar-refractivity contribution in [3.05, 3.63) is 34.1 Å². The van der Waals surface area contributed by atoms with Crippen LogP contribution in [0.15, 0.2) is 22.7 Å².